The molecule has 1 aliphatic rings. The molecular weight excluding hydrogens is 472 g/mol. The maximum absolute atomic E-state index is 13.3. The van der Waals surface area contributed by atoms with Gasteiger partial charge in [-0.3, -0.25) is 14.2 Å². The van der Waals surface area contributed by atoms with Crippen LogP contribution >= 0.6 is 22.9 Å². The monoisotopic (exact) mass is 494 g/mol. The number of nitrogen functional groups attached to an aromatic ring is 1. The van der Waals surface area contributed by atoms with E-state index in [1.807, 2.05) is 12.1 Å². The number of hydrogen-bond donors (Lipinski definition) is 2. The topological polar surface area (TPSA) is 120 Å². The maximum atomic E-state index is 13.3. The average molecular weight is 495 g/mol. The van der Waals surface area contributed by atoms with E-state index in [2.05, 4.69) is 9.97 Å². The third-order valence-electron chi connectivity index (χ3n) is 6.03. The lowest BCUT2D eigenvalue weighted by Gasteiger charge is -2.14. The van der Waals surface area contributed by atoms with Crippen LogP contribution < -0.4 is 17.0 Å². The summed E-state index contributed by atoms with van der Waals surface area (Å²) in [4.78, 5) is 37.4. The van der Waals surface area contributed by atoms with Gasteiger partial charge in [0.25, 0.3) is 11.5 Å². The van der Waals surface area contributed by atoms with Crippen molar-refractivity contribution in [2.45, 2.75) is 25.9 Å². The highest BCUT2D eigenvalue weighted by molar-refractivity contribution is 7.17. The summed E-state index contributed by atoms with van der Waals surface area (Å²) in [6.07, 6.45) is 2.37. The van der Waals surface area contributed by atoms with Crippen molar-refractivity contribution in [2.75, 3.05) is 18.8 Å². The van der Waals surface area contributed by atoms with Crippen molar-refractivity contribution in [2.24, 2.45) is 5.73 Å². The Morgan fingerprint density at radius 3 is 2.74 bits per heavy atom. The van der Waals surface area contributed by atoms with Gasteiger partial charge < -0.3 is 16.4 Å². The molecule has 34 heavy (non-hydrogen) atoms. The van der Waals surface area contributed by atoms with E-state index in [9.17, 15) is 9.59 Å². The number of rotatable bonds is 4. The summed E-state index contributed by atoms with van der Waals surface area (Å²) < 4.78 is 1.62. The fraction of sp³-hybridized carbons (Fsp3) is 0.250. The Hall–Kier alpha value is -3.27. The molecule has 1 unspecified atom stereocenters. The van der Waals surface area contributed by atoms with Gasteiger partial charge in [-0.25, -0.2) is 9.97 Å². The fourth-order valence-corrected chi connectivity index (χ4v) is 5.21. The summed E-state index contributed by atoms with van der Waals surface area (Å²) in [7, 11) is 0. The van der Waals surface area contributed by atoms with Gasteiger partial charge in [0, 0.05) is 35.4 Å². The molecule has 0 bridgehead atoms. The molecule has 2 aromatic carbocycles. The van der Waals surface area contributed by atoms with Crippen LogP contribution in [-0.2, 0) is 6.54 Å². The molecule has 0 aliphatic carbocycles. The van der Waals surface area contributed by atoms with Gasteiger partial charge in [0.1, 0.15) is 15.7 Å². The quantitative estimate of drug-likeness (QED) is 0.420. The van der Waals surface area contributed by atoms with Gasteiger partial charge in [-0.05, 0) is 43.2 Å². The minimum Gasteiger partial charge on any atom is -0.398 e. The number of thiazole rings is 1. The van der Waals surface area contributed by atoms with E-state index < -0.39 is 0 Å². The molecule has 4 N–H and O–H groups in total. The van der Waals surface area contributed by atoms with Crippen LogP contribution in [0.1, 0.15) is 27.5 Å². The van der Waals surface area contributed by atoms with Crippen LogP contribution in [0, 0.1) is 6.92 Å². The largest absolute Gasteiger partial charge is 0.398 e. The van der Waals surface area contributed by atoms with E-state index in [0.717, 1.165) is 12.0 Å². The zero-order valence-electron chi connectivity index (χ0n) is 18.5. The smallest absolute Gasteiger partial charge is 0.265 e. The minimum absolute atomic E-state index is 0.0190. The summed E-state index contributed by atoms with van der Waals surface area (Å²) in [5.41, 5.74) is 14.6. The second kappa shape index (κ2) is 8.83. The highest BCUT2D eigenvalue weighted by Crippen LogP contribution is 2.33. The first-order valence-corrected chi connectivity index (χ1v) is 12.1. The van der Waals surface area contributed by atoms with Crippen molar-refractivity contribution in [3.8, 4) is 10.6 Å². The average Bonchev–Trinajstić information content (AvgIpc) is 3.47. The van der Waals surface area contributed by atoms with E-state index in [-0.39, 0.29) is 17.5 Å². The Labute approximate surface area is 204 Å². The molecule has 1 amide bonds. The Morgan fingerprint density at radius 1 is 1.26 bits per heavy atom. The lowest BCUT2D eigenvalue weighted by atomic mass is 10.1. The number of benzene rings is 2. The molecule has 5 rings (SSSR count). The lowest BCUT2D eigenvalue weighted by Crippen LogP contribution is -2.31. The number of nitrogens with zero attached hydrogens (tertiary/aromatic N) is 4. The fourth-order valence-electron chi connectivity index (χ4n) is 4.16. The molecule has 10 heteroatoms. The van der Waals surface area contributed by atoms with Crippen LogP contribution in [0.2, 0.25) is 5.02 Å². The van der Waals surface area contributed by atoms with Gasteiger partial charge in [0.15, 0.2) is 0 Å². The molecular formula is C24H23ClN6O2S. The third-order valence-corrected chi connectivity index (χ3v) is 7.30. The van der Waals surface area contributed by atoms with Crippen LogP contribution in [0.4, 0.5) is 5.69 Å². The summed E-state index contributed by atoms with van der Waals surface area (Å²) in [6, 6.07) is 10.8. The number of carbonyl (C=O) groups excluding carboxylic acids is 1. The highest BCUT2D eigenvalue weighted by Gasteiger charge is 2.26. The maximum Gasteiger partial charge on any atom is 0.265 e. The van der Waals surface area contributed by atoms with Gasteiger partial charge in [0.2, 0.25) is 0 Å². The van der Waals surface area contributed by atoms with E-state index in [1.54, 1.807) is 46.9 Å². The first-order valence-electron chi connectivity index (χ1n) is 10.9. The van der Waals surface area contributed by atoms with Crippen molar-refractivity contribution in [3.05, 3.63) is 74.2 Å². The van der Waals surface area contributed by atoms with E-state index in [0.29, 0.717) is 62.5 Å². The van der Waals surface area contributed by atoms with Gasteiger partial charge in [-0.2, -0.15) is 0 Å². The Balaban J connectivity index is 1.49. The molecule has 0 saturated carbocycles. The third kappa shape index (κ3) is 4.18. The van der Waals surface area contributed by atoms with Crippen molar-refractivity contribution in [1.82, 2.24) is 19.4 Å². The minimum atomic E-state index is -0.170. The summed E-state index contributed by atoms with van der Waals surface area (Å²) in [6.45, 7) is 3.38. The predicted octanol–water partition coefficient (Wildman–Crippen LogP) is 3.29. The molecule has 174 valence electrons. The summed E-state index contributed by atoms with van der Waals surface area (Å²) in [5, 5.41) is 1.68. The number of hydrogen-bond acceptors (Lipinski definition) is 7. The van der Waals surface area contributed by atoms with E-state index in [4.69, 9.17) is 23.1 Å². The SMILES string of the molecule is Cc1nc2cc(-c3ncc(C(=O)N4CCC(N)C4)s3)c(N)cc2c(=O)n1Cc1ccc(Cl)cc1. The normalized spacial score (nSPS) is 15.9. The van der Waals surface area contributed by atoms with Gasteiger partial charge >= 0.3 is 0 Å². The van der Waals surface area contributed by atoms with Crippen molar-refractivity contribution in [1.29, 1.82) is 0 Å². The van der Waals surface area contributed by atoms with Gasteiger partial charge in [-0.1, -0.05) is 23.7 Å². The number of carbonyl (C=O) groups is 1. The zero-order chi connectivity index (χ0) is 24.0. The summed E-state index contributed by atoms with van der Waals surface area (Å²) >= 11 is 7.24. The molecule has 4 aromatic rings. The second-order valence-corrected chi connectivity index (χ2v) is 9.93. The van der Waals surface area contributed by atoms with Crippen molar-refractivity contribution < 1.29 is 4.79 Å². The molecule has 1 saturated heterocycles. The lowest BCUT2D eigenvalue weighted by molar-refractivity contribution is 0.0795. The molecule has 1 atom stereocenters. The number of aromatic nitrogens is 3. The zero-order valence-corrected chi connectivity index (χ0v) is 20.1. The van der Waals surface area contributed by atoms with E-state index in [1.165, 1.54) is 11.3 Å². The molecule has 0 radical (unpaired) electrons. The van der Waals surface area contributed by atoms with E-state index >= 15 is 0 Å². The van der Waals surface area contributed by atoms with Gasteiger partial charge in [-0.15, -0.1) is 11.3 Å². The Bertz CT molecular complexity index is 1460. The van der Waals surface area contributed by atoms with Crippen LogP contribution in [-0.4, -0.2) is 44.5 Å². The summed E-state index contributed by atoms with van der Waals surface area (Å²) in [5.74, 6) is 0.513. The second-order valence-electron chi connectivity index (χ2n) is 8.46. The van der Waals surface area contributed by atoms with Crippen molar-refractivity contribution >= 4 is 45.4 Å². The molecule has 1 fully saturated rings. The molecule has 8 nitrogen and oxygen atoms in total. The van der Waals surface area contributed by atoms with Gasteiger partial charge in [0.05, 0.1) is 23.6 Å². The number of nitrogens with two attached hydrogens (primary N) is 2. The van der Waals surface area contributed by atoms with Crippen LogP contribution in [0.25, 0.3) is 21.5 Å². The predicted molar refractivity (Wildman–Crippen MR) is 135 cm³/mol. The standard InChI is InChI=1S/C24H23ClN6O2S/c1-13-29-20-9-17(22-28-10-21(34-22)24(33)30-7-6-16(26)12-30)19(27)8-18(20)23(32)31(13)11-14-2-4-15(25)5-3-14/h2-5,8-10,16H,6-7,11-12,26-27H2,1H3. The first-order chi connectivity index (χ1) is 16.3. The molecule has 2 aromatic heterocycles. The Kier molecular flexibility index (Phi) is 5.85. The van der Waals surface area contributed by atoms with Crippen molar-refractivity contribution in [3.63, 3.8) is 0 Å². The van der Waals surface area contributed by atoms with Crippen LogP contribution in [0.15, 0.2) is 47.4 Å². The molecule has 0 spiro atoms. The number of halogens is 1. The van der Waals surface area contributed by atoms with Crippen LogP contribution in [0.5, 0.6) is 0 Å². The molecule has 1 aliphatic heterocycles. The number of aryl methyl sites for hydroxylation is 1. The number of fused-ring (bicyclic) bond motifs is 1. The van der Waals surface area contributed by atoms with Crippen LogP contribution in [0.3, 0.4) is 0 Å². The highest BCUT2D eigenvalue weighted by atomic mass is 35.5. The number of anilines is 1. The number of amides is 1. The number of likely N-dealkylation sites (tertiary alicyclic amines) is 1. The first kappa shape index (κ1) is 22.5. The Morgan fingerprint density at radius 2 is 2.03 bits per heavy atom. The molecule has 3 heterocycles.